The van der Waals surface area contributed by atoms with Crippen LogP contribution in [0.25, 0.3) is 0 Å². The quantitative estimate of drug-likeness (QED) is 0.658. The highest BCUT2D eigenvalue weighted by Gasteiger charge is 2.26. The fourth-order valence-electron chi connectivity index (χ4n) is 1.49. The van der Waals surface area contributed by atoms with Crippen LogP contribution in [0, 0.1) is 6.92 Å². The molecule has 1 aromatic rings. The molecular formula is C13H17N3O4. The van der Waals surface area contributed by atoms with E-state index < -0.39 is 23.4 Å². The average Bonchev–Trinajstić information content (AvgIpc) is 2.26. The van der Waals surface area contributed by atoms with Crippen molar-refractivity contribution in [3.05, 3.63) is 29.3 Å². The normalized spacial score (nSPS) is 10.8. The number of nitrogens with one attached hydrogen (secondary N) is 2. The fraction of sp³-hybridized carbons (Fsp3) is 0.308. The van der Waals surface area contributed by atoms with E-state index in [0.29, 0.717) is 11.3 Å². The van der Waals surface area contributed by atoms with Crippen LogP contribution in [-0.4, -0.2) is 28.6 Å². The van der Waals surface area contributed by atoms with Crippen LogP contribution >= 0.6 is 0 Å². The number of nitrogens with two attached hydrogens (primary N) is 1. The van der Waals surface area contributed by atoms with Crippen molar-refractivity contribution in [2.75, 3.05) is 5.32 Å². The number of urea groups is 1. The third kappa shape index (κ3) is 3.71. The highest BCUT2D eigenvalue weighted by Crippen LogP contribution is 2.15. The predicted molar refractivity (Wildman–Crippen MR) is 73.6 cm³/mol. The molecule has 1 aromatic carbocycles. The maximum atomic E-state index is 11.7. The van der Waals surface area contributed by atoms with Gasteiger partial charge in [-0.15, -0.1) is 0 Å². The summed E-state index contributed by atoms with van der Waals surface area (Å²) in [4.78, 5) is 33.7. The van der Waals surface area contributed by atoms with Crippen molar-refractivity contribution in [3.8, 4) is 0 Å². The fourth-order valence-corrected chi connectivity index (χ4v) is 1.49. The Bertz CT molecular complexity index is 567. The zero-order valence-electron chi connectivity index (χ0n) is 11.5. The molecule has 0 fully saturated rings. The Hall–Kier alpha value is -2.57. The van der Waals surface area contributed by atoms with Gasteiger partial charge in [0.1, 0.15) is 5.54 Å². The molecule has 0 spiro atoms. The summed E-state index contributed by atoms with van der Waals surface area (Å²) in [5.41, 5.74) is 5.06. The average molecular weight is 279 g/mol. The molecule has 0 bridgehead atoms. The van der Waals surface area contributed by atoms with Gasteiger partial charge in [-0.1, -0.05) is 0 Å². The van der Waals surface area contributed by atoms with Crippen LogP contribution in [-0.2, 0) is 4.79 Å². The Morgan fingerprint density at radius 2 is 1.85 bits per heavy atom. The van der Waals surface area contributed by atoms with E-state index in [9.17, 15) is 14.4 Å². The van der Waals surface area contributed by atoms with E-state index in [-0.39, 0.29) is 5.56 Å². The molecule has 7 heteroatoms. The van der Waals surface area contributed by atoms with Gasteiger partial charge in [-0.05, 0) is 44.5 Å². The monoisotopic (exact) mass is 279 g/mol. The molecule has 0 atom stereocenters. The van der Waals surface area contributed by atoms with Gasteiger partial charge in [0.15, 0.2) is 0 Å². The minimum atomic E-state index is -1.18. The number of aromatic carboxylic acids is 1. The molecule has 0 aliphatic rings. The molecule has 0 saturated heterocycles. The number of hydrogen-bond acceptors (Lipinski definition) is 3. The first-order chi connectivity index (χ1) is 9.13. The third-order valence-corrected chi connectivity index (χ3v) is 2.76. The second kappa shape index (κ2) is 5.60. The van der Waals surface area contributed by atoms with Crippen molar-refractivity contribution in [2.24, 2.45) is 5.73 Å². The van der Waals surface area contributed by atoms with Gasteiger partial charge in [-0.2, -0.15) is 0 Å². The van der Waals surface area contributed by atoms with E-state index in [4.69, 9.17) is 10.8 Å². The number of carbonyl (C=O) groups excluding carboxylic acids is 2. The summed E-state index contributed by atoms with van der Waals surface area (Å²) >= 11 is 0. The van der Waals surface area contributed by atoms with E-state index in [1.165, 1.54) is 32.0 Å². The van der Waals surface area contributed by atoms with Gasteiger partial charge < -0.3 is 21.5 Å². The number of rotatable bonds is 4. The number of benzene rings is 1. The summed E-state index contributed by atoms with van der Waals surface area (Å²) in [6.07, 6.45) is 0. The molecule has 1 rings (SSSR count). The lowest BCUT2D eigenvalue weighted by Gasteiger charge is -2.22. The maximum absolute atomic E-state index is 11.7. The van der Waals surface area contributed by atoms with Gasteiger partial charge >= 0.3 is 12.0 Å². The van der Waals surface area contributed by atoms with Crippen molar-refractivity contribution in [3.63, 3.8) is 0 Å². The molecule has 0 aliphatic heterocycles. The molecular weight excluding hydrogens is 262 g/mol. The Morgan fingerprint density at radius 1 is 1.25 bits per heavy atom. The molecule has 108 valence electrons. The summed E-state index contributed by atoms with van der Waals surface area (Å²) in [5.74, 6) is -1.70. The summed E-state index contributed by atoms with van der Waals surface area (Å²) in [6, 6.07) is 3.79. The molecule has 0 aliphatic carbocycles. The highest BCUT2D eigenvalue weighted by atomic mass is 16.4. The number of amides is 3. The summed E-state index contributed by atoms with van der Waals surface area (Å²) < 4.78 is 0. The van der Waals surface area contributed by atoms with Gasteiger partial charge in [0.2, 0.25) is 5.91 Å². The first-order valence-electron chi connectivity index (χ1n) is 5.86. The lowest BCUT2D eigenvalue weighted by atomic mass is 10.1. The lowest BCUT2D eigenvalue weighted by Crippen LogP contribution is -2.54. The van der Waals surface area contributed by atoms with Crippen molar-refractivity contribution >= 4 is 23.6 Å². The van der Waals surface area contributed by atoms with Crippen LogP contribution in [0.3, 0.4) is 0 Å². The topological polar surface area (TPSA) is 122 Å². The standard InChI is InChI=1S/C13H17N3O4/c1-7-6-8(4-5-9(7)10(17)18)15-12(20)16-13(2,3)11(14)19/h4-6H,1-3H3,(H2,14,19)(H,17,18)(H2,15,16,20). The minimum absolute atomic E-state index is 0.161. The number of hydrogen-bond donors (Lipinski definition) is 4. The summed E-state index contributed by atoms with van der Waals surface area (Å²) in [6.45, 7) is 4.58. The maximum Gasteiger partial charge on any atom is 0.335 e. The van der Waals surface area contributed by atoms with Crippen molar-refractivity contribution in [1.82, 2.24) is 5.32 Å². The number of anilines is 1. The summed E-state index contributed by atoms with van der Waals surface area (Å²) in [7, 11) is 0. The molecule has 0 radical (unpaired) electrons. The van der Waals surface area contributed by atoms with Crippen LogP contribution in [0.2, 0.25) is 0 Å². The van der Waals surface area contributed by atoms with Crippen molar-refractivity contribution in [1.29, 1.82) is 0 Å². The van der Waals surface area contributed by atoms with Crippen LogP contribution in [0.4, 0.5) is 10.5 Å². The summed E-state index contributed by atoms with van der Waals surface area (Å²) in [5, 5.41) is 13.8. The largest absolute Gasteiger partial charge is 0.478 e. The number of aryl methyl sites for hydroxylation is 1. The molecule has 3 amide bonds. The molecule has 0 unspecified atom stereocenters. The van der Waals surface area contributed by atoms with Gasteiger partial charge in [0, 0.05) is 5.69 Å². The molecule has 5 N–H and O–H groups in total. The van der Waals surface area contributed by atoms with E-state index in [1.807, 2.05) is 0 Å². The Labute approximate surface area is 116 Å². The Morgan fingerprint density at radius 3 is 2.30 bits per heavy atom. The lowest BCUT2D eigenvalue weighted by molar-refractivity contribution is -0.122. The molecule has 0 heterocycles. The van der Waals surface area contributed by atoms with E-state index in [0.717, 1.165) is 0 Å². The van der Waals surface area contributed by atoms with Crippen LogP contribution in [0.5, 0.6) is 0 Å². The van der Waals surface area contributed by atoms with E-state index in [2.05, 4.69) is 10.6 Å². The van der Waals surface area contributed by atoms with Crippen LogP contribution < -0.4 is 16.4 Å². The van der Waals surface area contributed by atoms with Crippen LogP contribution in [0.15, 0.2) is 18.2 Å². The number of carboxylic acids is 1. The number of primary amides is 1. The first-order valence-corrected chi connectivity index (χ1v) is 5.86. The van der Waals surface area contributed by atoms with Crippen molar-refractivity contribution < 1.29 is 19.5 Å². The Balaban J connectivity index is 2.80. The smallest absolute Gasteiger partial charge is 0.335 e. The van der Waals surface area contributed by atoms with Gasteiger partial charge in [-0.3, -0.25) is 4.79 Å². The first kappa shape index (κ1) is 15.5. The van der Waals surface area contributed by atoms with Gasteiger partial charge in [0.05, 0.1) is 5.56 Å². The zero-order valence-corrected chi connectivity index (χ0v) is 11.5. The predicted octanol–water partition coefficient (Wildman–Crippen LogP) is 1.08. The number of carboxylic acid groups (broad SMARTS) is 1. The molecule has 0 aromatic heterocycles. The van der Waals surface area contributed by atoms with Gasteiger partial charge in [-0.25, -0.2) is 9.59 Å². The second-order valence-corrected chi connectivity index (χ2v) is 4.90. The van der Waals surface area contributed by atoms with Gasteiger partial charge in [0.25, 0.3) is 0 Å². The molecule has 7 nitrogen and oxygen atoms in total. The molecule has 20 heavy (non-hydrogen) atoms. The SMILES string of the molecule is Cc1cc(NC(=O)NC(C)(C)C(N)=O)ccc1C(=O)O. The minimum Gasteiger partial charge on any atom is -0.478 e. The second-order valence-electron chi connectivity index (χ2n) is 4.90. The van der Waals surface area contributed by atoms with E-state index in [1.54, 1.807) is 6.92 Å². The van der Waals surface area contributed by atoms with E-state index >= 15 is 0 Å². The zero-order chi connectivity index (χ0) is 15.5. The highest BCUT2D eigenvalue weighted by molar-refractivity contribution is 5.96. The molecule has 0 saturated carbocycles. The third-order valence-electron chi connectivity index (χ3n) is 2.76. The Kier molecular flexibility index (Phi) is 4.34. The van der Waals surface area contributed by atoms with Crippen LogP contribution in [0.1, 0.15) is 29.8 Å². The number of carbonyl (C=O) groups is 3. The van der Waals surface area contributed by atoms with Crippen molar-refractivity contribution in [2.45, 2.75) is 26.3 Å².